The maximum Gasteiger partial charge on any atom is 0.244 e. The molecule has 0 spiro atoms. The second-order valence-electron chi connectivity index (χ2n) is 5.52. The molecule has 0 aliphatic carbocycles. The van der Waals surface area contributed by atoms with Gasteiger partial charge in [-0.25, -0.2) is 5.43 Å². The Hall–Kier alpha value is -1.70. The van der Waals surface area contributed by atoms with Crippen LogP contribution in [0.1, 0.15) is 11.1 Å². The first kappa shape index (κ1) is 19.1. The fourth-order valence-corrected chi connectivity index (χ4v) is 4.87. The Bertz CT molecular complexity index is 1010. The van der Waals surface area contributed by atoms with E-state index in [1.165, 1.54) is 6.21 Å². The van der Waals surface area contributed by atoms with E-state index in [-0.39, 0.29) is 18.1 Å². The first-order valence-corrected chi connectivity index (χ1v) is 10.00. The lowest BCUT2D eigenvalue weighted by Crippen LogP contribution is -2.20. The number of benzene rings is 3. The van der Waals surface area contributed by atoms with Crippen LogP contribution in [0.25, 0.3) is 10.8 Å². The van der Waals surface area contributed by atoms with E-state index in [1.807, 2.05) is 42.5 Å². The van der Waals surface area contributed by atoms with Crippen molar-refractivity contribution < 1.29 is 9.90 Å². The summed E-state index contributed by atoms with van der Waals surface area (Å²) in [6.45, 7) is 0. The van der Waals surface area contributed by atoms with Crippen LogP contribution in [-0.4, -0.2) is 17.2 Å². The Labute approximate surface area is 175 Å². The second-order valence-corrected chi connectivity index (χ2v) is 8.03. The van der Waals surface area contributed by atoms with E-state index in [1.54, 1.807) is 6.07 Å². The molecule has 0 bridgehead atoms. The van der Waals surface area contributed by atoms with Crippen molar-refractivity contribution in [1.29, 1.82) is 0 Å². The van der Waals surface area contributed by atoms with Crippen molar-refractivity contribution in [3.63, 3.8) is 0 Å². The van der Waals surface area contributed by atoms with Gasteiger partial charge in [0, 0.05) is 10.0 Å². The molecule has 0 atom stereocenters. The van der Waals surface area contributed by atoms with Gasteiger partial charge in [-0.3, -0.25) is 4.79 Å². The lowest BCUT2D eigenvalue weighted by atomic mass is 10.0. The predicted octanol–water partition coefficient (Wildman–Crippen LogP) is 5.53. The van der Waals surface area contributed by atoms with Crippen LogP contribution in [0.4, 0.5) is 0 Å². The lowest BCUT2D eigenvalue weighted by molar-refractivity contribution is -0.120. The van der Waals surface area contributed by atoms with Crippen molar-refractivity contribution in [2.24, 2.45) is 5.10 Å². The minimum atomic E-state index is -0.216. The molecule has 4 nitrogen and oxygen atoms in total. The van der Waals surface area contributed by atoms with Crippen LogP contribution in [-0.2, 0) is 11.2 Å². The molecule has 0 radical (unpaired) electrons. The Kier molecular flexibility index (Phi) is 6.11. The van der Waals surface area contributed by atoms with Crippen molar-refractivity contribution >= 4 is 70.7 Å². The molecule has 1 amide bonds. The summed E-state index contributed by atoms with van der Waals surface area (Å²) in [4.78, 5) is 12.2. The average molecular weight is 541 g/mol. The summed E-state index contributed by atoms with van der Waals surface area (Å²) in [6, 6.07) is 15.5. The van der Waals surface area contributed by atoms with Crippen LogP contribution in [0.3, 0.4) is 0 Å². The molecule has 0 aromatic heterocycles. The quantitative estimate of drug-likeness (QED) is 0.338. The van der Waals surface area contributed by atoms with Crippen LogP contribution in [0.5, 0.6) is 5.75 Å². The molecule has 0 aliphatic heterocycles. The SMILES string of the molecule is O=C(Cc1cccc2ccccc12)N/N=C\c1c(Br)cc(Br)c(O)c1Br. The zero-order valence-corrected chi connectivity index (χ0v) is 18.1. The van der Waals surface area contributed by atoms with Gasteiger partial charge in [0.2, 0.25) is 5.91 Å². The second kappa shape index (κ2) is 8.33. The number of rotatable bonds is 4. The van der Waals surface area contributed by atoms with Crippen LogP contribution in [0.2, 0.25) is 0 Å². The number of nitrogens with one attached hydrogen (secondary N) is 1. The smallest absolute Gasteiger partial charge is 0.244 e. The third kappa shape index (κ3) is 4.16. The minimum absolute atomic E-state index is 0.0664. The summed E-state index contributed by atoms with van der Waals surface area (Å²) >= 11 is 9.98. The van der Waals surface area contributed by atoms with Crippen LogP contribution >= 0.6 is 47.8 Å². The van der Waals surface area contributed by atoms with Crippen molar-refractivity contribution in [3.8, 4) is 5.75 Å². The predicted molar refractivity (Wildman–Crippen MR) is 115 cm³/mol. The summed E-state index contributed by atoms with van der Waals surface area (Å²) in [7, 11) is 0. The molecule has 0 saturated carbocycles. The van der Waals surface area contributed by atoms with E-state index in [4.69, 9.17) is 0 Å². The molecule has 3 aromatic carbocycles. The average Bonchev–Trinajstić information content (AvgIpc) is 2.63. The van der Waals surface area contributed by atoms with Gasteiger partial charge in [-0.1, -0.05) is 58.4 Å². The monoisotopic (exact) mass is 538 g/mol. The van der Waals surface area contributed by atoms with Crippen LogP contribution < -0.4 is 5.43 Å². The number of halogens is 3. The van der Waals surface area contributed by atoms with E-state index in [2.05, 4.69) is 58.3 Å². The highest BCUT2D eigenvalue weighted by Crippen LogP contribution is 2.38. The van der Waals surface area contributed by atoms with Gasteiger partial charge in [-0.15, -0.1) is 0 Å². The van der Waals surface area contributed by atoms with Crippen molar-refractivity contribution in [2.45, 2.75) is 6.42 Å². The molecule has 7 heteroatoms. The topological polar surface area (TPSA) is 61.7 Å². The van der Waals surface area contributed by atoms with Gasteiger partial charge in [0.05, 0.1) is 21.6 Å². The first-order valence-electron chi connectivity index (χ1n) is 7.62. The third-order valence-corrected chi connectivity index (χ3v) is 5.86. The molecular formula is C19H13Br3N2O2. The van der Waals surface area contributed by atoms with Crippen LogP contribution in [0, 0.1) is 0 Å². The van der Waals surface area contributed by atoms with Gasteiger partial charge in [0.15, 0.2) is 0 Å². The molecule has 3 aromatic rings. The molecule has 0 unspecified atom stereocenters. The van der Waals surface area contributed by atoms with E-state index >= 15 is 0 Å². The van der Waals surface area contributed by atoms with Crippen molar-refractivity contribution in [2.75, 3.05) is 0 Å². The Balaban J connectivity index is 1.73. The highest BCUT2D eigenvalue weighted by molar-refractivity contribution is 9.11. The summed E-state index contributed by atoms with van der Waals surface area (Å²) in [5.41, 5.74) is 4.09. The Morgan fingerprint density at radius 3 is 2.62 bits per heavy atom. The maximum absolute atomic E-state index is 12.2. The summed E-state index contributed by atoms with van der Waals surface area (Å²) in [5.74, 6) is -0.150. The van der Waals surface area contributed by atoms with Gasteiger partial charge < -0.3 is 5.11 Å². The molecule has 132 valence electrons. The molecule has 2 N–H and O–H groups in total. The molecule has 0 fully saturated rings. The van der Waals surface area contributed by atoms with E-state index in [9.17, 15) is 9.90 Å². The van der Waals surface area contributed by atoms with Crippen molar-refractivity contribution in [1.82, 2.24) is 5.43 Å². The number of amides is 1. The molecule has 26 heavy (non-hydrogen) atoms. The number of carbonyl (C=O) groups is 1. The van der Waals surface area contributed by atoms with E-state index in [0.717, 1.165) is 20.8 Å². The highest BCUT2D eigenvalue weighted by atomic mass is 79.9. The number of nitrogens with zero attached hydrogens (tertiary/aromatic N) is 1. The molecule has 0 aliphatic rings. The Morgan fingerprint density at radius 2 is 1.81 bits per heavy atom. The summed E-state index contributed by atoms with van der Waals surface area (Å²) < 4.78 is 1.75. The number of hydrogen-bond donors (Lipinski definition) is 2. The molecular weight excluding hydrogens is 528 g/mol. The summed E-state index contributed by atoms with van der Waals surface area (Å²) in [5, 5.41) is 16.1. The summed E-state index contributed by atoms with van der Waals surface area (Å²) in [6.07, 6.45) is 1.70. The largest absolute Gasteiger partial charge is 0.506 e. The number of fused-ring (bicyclic) bond motifs is 1. The first-order chi connectivity index (χ1) is 12.5. The lowest BCUT2D eigenvalue weighted by Gasteiger charge is -2.07. The van der Waals surface area contributed by atoms with E-state index in [0.29, 0.717) is 14.5 Å². The van der Waals surface area contributed by atoms with Crippen molar-refractivity contribution in [3.05, 3.63) is 73.1 Å². The van der Waals surface area contributed by atoms with Gasteiger partial charge in [-0.2, -0.15) is 5.10 Å². The Morgan fingerprint density at radius 1 is 1.08 bits per heavy atom. The number of aromatic hydroxyl groups is 1. The van der Waals surface area contributed by atoms with Gasteiger partial charge in [0.25, 0.3) is 0 Å². The molecule has 0 heterocycles. The molecule has 3 rings (SSSR count). The van der Waals surface area contributed by atoms with Gasteiger partial charge >= 0.3 is 0 Å². The minimum Gasteiger partial charge on any atom is -0.506 e. The number of phenols is 1. The number of phenolic OH excluding ortho intramolecular Hbond substituents is 1. The van der Waals surface area contributed by atoms with Crippen LogP contribution in [0.15, 0.2) is 67.1 Å². The third-order valence-electron chi connectivity index (χ3n) is 3.80. The zero-order valence-electron chi connectivity index (χ0n) is 13.3. The zero-order chi connectivity index (χ0) is 18.7. The normalized spacial score (nSPS) is 11.2. The number of hydrazone groups is 1. The van der Waals surface area contributed by atoms with E-state index < -0.39 is 0 Å². The van der Waals surface area contributed by atoms with Gasteiger partial charge in [-0.05, 0) is 54.3 Å². The van der Waals surface area contributed by atoms with Gasteiger partial charge in [0.1, 0.15) is 5.75 Å². The number of carbonyl (C=O) groups excluding carboxylic acids is 1. The fraction of sp³-hybridized carbons (Fsp3) is 0.0526. The molecule has 0 saturated heterocycles. The highest BCUT2D eigenvalue weighted by Gasteiger charge is 2.12. The maximum atomic E-state index is 12.2. The standard InChI is InChI=1S/C19H13Br3N2O2/c20-15-9-16(21)19(26)18(22)14(15)10-23-24-17(25)8-12-6-3-5-11-4-1-2-7-13(11)12/h1-7,9-10,26H,8H2,(H,24,25)/b23-10-. The fourth-order valence-electron chi connectivity index (χ4n) is 2.54. The number of hydrogen-bond acceptors (Lipinski definition) is 3.